The molecule has 112 valence electrons. The van der Waals surface area contributed by atoms with Crippen LogP contribution in [0.1, 0.15) is 12.0 Å². The van der Waals surface area contributed by atoms with Crippen molar-refractivity contribution in [1.29, 1.82) is 0 Å². The lowest BCUT2D eigenvalue weighted by molar-refractivity contribution is 0.142. The Bertz CT molecular complexity index is 455. The molecular weight excluding hydrogens is 276 g/mol. The fourth-order valence-electron chi connectivity index (χ4n) is 3.35. The van der Waals surface area contributed by atoms with E-state index in [1.807, 2.05) is 18.2 Å². The summed E-state index contributed by atoms with van der Waals surface area (Å²) >= 11 is 0. The van der Waals surface area contributed by atoms with Gasteiger partial charge in [0.1, 0.15) is 0 Å². The normalized spacial score (nSPS) is 25.9. The van der Waals surface area contributed by atoms with Crippen molar-refractivity contribution in [2.24, 2.45) is 11.8 Å². The molecule has 0 amide bonds. The molecule has 2 aliphatic rings. The summed E-state index contributed by atoms with van der Waals surface area (Å²) in [6.45, 7) is 5.61. The molecule has 1 aromatic carbocycles. The zero-order valence-corrected chi connectivity index (χ0v) is 12.7. The summed E-state index contributed by atoms with van der Waals surface area (Å²) in [7, 11) is 1.58. The highest BCUT2D eigenvalue weighted by molar-refractivity contribution is 5.85. The number of methoxy groups -OCH3 is 1. The lowest BCUT2D eigenvalue weighted by Gasteiger charge is -2.34. The Morgan fingerprint density at radius 3 is 2.90 bits per heavy atom. The third-order valence-corrected chi connectivity index (χ3v) is 4.44. The number of rotatable bonds is 3. The minimum Gasteiger partial charge on any atom is -0.504 e. The molecule has 3 rings (SSSR count). The van der Waals surface area contributed by atoms with Gasteiger partial charge in [0.25, 0.3) is 0 Å². The first-order chi connectivity index (χ1) is 9.26. The van der Waals surface area contributed by atoms with Crippen molar-refractivity contribution >= 4 is 12.4 Å². The van der Waals surface area contributed by atoms with E-state index < -0.39 is 0 Å². The summed E-state index contributed by atoms with van der Waals surface area (Å²) in [5.74, 6) is 2.46. The third-order valence-electron chi connectivity index (χ3n) is 4.44. The van der Waals surface area contributed by atoms with Crippen molar-refractivity contribution in [1.82, 2.24) is 10.2 Å². The molecule has 2 unspecified atom stereocenters. The number of nitrogens with one attached hydrogen (secondary N) is 1. The number of phenols is 1. The molecule has 2 heterocycles. The van der Waals surface area contributed by atoms with Gasteiger partial charge in [-0.2, -0.15) is 0 Å². The second kappa shape index (κ2) is 6.66. The van der Waals surface area contributed by atoms with Gasteiger partial charge in [-0.05, 0) is 55.6 Å². The van der Waals surface area contributed by atoms with Gasteiger partial charge in [-0.25, -0.2) is 0 Å². The first-order valence-electron chi connectivity index (χ1n) is 7.05. The van der Waals surface area contributed by atoms with Gasteiger partial charge in [0.2, 0.25) is 0 Å². The van der Waals surface area contributed by atoms with E-state index in [0.29, 0.717) is 5.75 Å². The largest absolute Gasteiger partial charge is 0.504 e. The maximum absolute atomic E-state index is 9.82. The number of likely N-dealkylation sites (tertiary alicyclic amines) is 1. The second-order valence-corrected chi connectivity index (χ2v) is 5.71. The van der Waals surface area contributed by atoms with Crippen LogP contribution in [-0.4, -0.2) is 43.3 Å². The van der Waals surface area contributed by atoms with Gasteiger partial charge in [-0.3, -0.25) is 4.90 Å². The zero-order chi connectivity index (χ0) is 13.2. The van der Waals surface area contributed by atoms with Crippen LogP contribution in [0, 0.1) is 11.8 Å². The van der Waals surface area contributed by atoms with Crippen molar-refractivity contribution in [3.8, 4) is 11.5 Å². The van der Waals surface area contributed by atoms with Gasteiger partial charge >= 0.3 is 0 Å². The van der Waals surface area contributed by atoms with Crippen LogP contribution in [0.3, 0.4) is 0 Å². The Morgan fingerprint density at radius 1 is 1.35 bits per heavy atom. The molecule has 2 saturated heterocycles. The maximum Gasteiger partial charge on any atom is 0.160 e. The van der Waals surface area contributed by atoms with E-state index in [0.717, 1.165) is 37.0 Å². The van der Waals surface area contributed by atoms with Crippen molar-refractivity contribution in [3.05, 3.63) is 23.8 Å². The van der Waals surface area contributed by atoms with E-state index in [-0.39, 0.29) is 18.2 Å². The number of aromatic hydroxyl groups is 1. The van der Waals surface area contributed by atoms with Gasteiger partial charge in [-0.15, -0.1) is 12.4 Å². The van der Waals surface area contributed by atoms with Crippen molar-refractivity contribution in [2.75, 3.05) is 33.3 Å². The van der Waals surface area contributed by atoms with E-state index in [1.165, 1.54) is 19.5 Å². The number of ether oxygens (including phenoxy) is 1. The quantitative estimate of drug-likeness (QED) is 0.894. The Morgan fingerprint density at radius 2 is 2.15 bits per heavy atom. The van der Waals surface area contributed by atoms with E-state index in [4.69, 9.17) is 4.74 Å². The van der Waals surface area contributed by atoms with E-state index in [9.17, 15) is 5.11 Å². The van der Waals surface area contributed by atoms with Crippen LogP contribution in [0.15, 0.2) is 18.2 Å². The number of fused-ring (bicyclic) bond motifs is 1. The highest BCUT2D eigenvalue weighted by atomic mass is 35.5. The van der Waals surface area contributed by atoms with Crippen LogP contribution in [0.4, 0.5) is 0 Å². The van der Waals surface area contributed by atoms with Crippen molar-refractivity contribution in [2.45, 2.75) is 13.0 Å². The van der Waals surface area contributed by atoms with Crippen LogP contribution in [0.2, 0.25) is 0 Å². The Kier molecular flexibility index (Phi) is 5.13. The number of piperidine rings is 1. The van der Waals surface area contributed by atoms with Gasteiger partial charge in [0, 0.05) is 13.1 Å². The fraction of sp³-hybridized carbons (Fsp3) is 0.600. The monoisotopic (exact) mass is 298 g/mol. The number of hydrogen-bond donors (Lipinski definition) is 2. The van der Waals surface area contributed by atoms with Crippen molar-refractivity contribution in [3.63, 3.8) is 0 Å². The van der Waals surface area contributed by atoms with Gasteiger partial charge in [0.15, 0.2) is 11.5 Å². The van der Waals surface area contributed by atoms with Crippen LogP contribution in [0.5, 0.6) is 11.5 Å². The van der Waals surface area contributed by atoms with Gasteiger partial charge in [-0.1, -0.05) is 6.07 Å². The summed E-state index contributed by atoms with van der Waals surface area (Å²) in [4.78, 5) is 2.50. The first kappa shape index (κ1) is 15.4. The molecule has 2 N–H and O–H groups in total. The minimum absolute atomic E-state index is 0. The molecule has 0 saturated carbocycles. The summed E-state index contributed by atoms with van der Waals surface area (Å²) in [6.07, 6.45) is 1.29. The Balaban J connectivity index is 0.00000147. The number of halogens is 1. The number of benzene rings is 1. The third kappa shape index (κ3) is 3.19. The smallest absolute Gasteiger partial charge is 0.160 e. The molecule has 2 aliphatic heterocycles. The lowest BCUT2D eigenvalue weighted by atomic mass is 9.88. The first-order valence-corrected chi connectivity index (χ1v) is 7.05. The summed E-state index contributed by atoms with van der Waals surface area (Å²) in [6, 6.07) is 5.70. The molecule has 0 aromatic heterocycles. The molecule has 5 heteroatoms. The number of hydrogen-bond acceptors (Lipinski definition) is 4. The summed E-state index contributed by atoms with van der Waals surface area (Å²) in [5.41, 5.74) is 1.16. The molecule has 20 heavy (non-hydrogen) atoms. The van der Waals surface area contributed by atoms with Crippen LogP contribution >= 0.6 is 12.4 Å². The molecule has 2 atom stereocenters. The summed E-state index contributed by atoms with van der Waals surface area (Å²) in [5, 5.41) is 13.3. The van der Waals surface area contributed by atoms with Crippen molar-refractivity contribution < 1.29 is 9.84 Å². The second-order valence-electron chi connectivity index (χ2n) is 5.71. The predicted octanol–water partition coefficient (Wildman–Crippen LogP) is 1.86. The van der Waals surface area contributed by atoms with E-state index in [1.54, 1.807) is 7.11 Å². The average molecular weight is 299 g/mol. The molecule has 0 aliphatic carbocycles. The minimum atomic E-state index is 0. The molecular formula is C15H23ClN2O2. The molecule has 4 nitrogen and oxygen atoms in total. The van der Waals surface area contributed by atoms with E-state index >= 15 is 0 Å². The van der Waals surface area contributed by atoms with E-state index in [2.05, 4.69) is 10.2 Å². The van der Waals surface area contributed by atoms with Crippen LogP contribution in [0.25, 0.3) is 0 Å². The highest BCUT2D eigenvalue weighted by Crippen LogP contribution is 2.30. The molecule has 1 aromatic rings. The zero-order valence-electron chi connectivity index (χ0n) is 11.8. The standard InChI is InChI=1S/C15H22N2O2.ClH/c1-19-15-3-2-11(6-14(15)18)9-17-5-4-12-7-16-8-13(12)10-17;/h2-3,6,12-13,16,18H,4-5,7-10H2,1H3;1H. The van der Waals surface area contributed by atoms with Crippen LogP contribution in [-0.2, 0) is 6.54 Å². The van der Waals surface area contributed by atoms with Gasteiger partial charge in [0.05, 0.1) is 7.11 Å². The topological polar surface area (TPSA) is 44.7 Å². The average Bonchev–Trinajstić information content (AvgIpc) is 2.86. The Labute approximate surface area is 126 Å². The molecule has 0 bridgehead atoms. The summed E-state index contributed by atoms with van der Waals surface area (Å²) < 4.78 is 5.07. The van der Waals surface area contributed by atoms with Crippen LogP contribution < -0.4 is 10.1 Å². The lowest BCUT2D eigenvalue weighted by Crippen LogP contribution is -2.39. The fourth-order valence-corrected chi connectivity index (χ4v) is 3.35. The highest BCUT2D eigenvalue weighted by Gasteiger charge is 2.32. The molecule has 0 spiro atoms. The number of nitrogens with zero attached hydrogens (tertiary/aromatic N) is 1. The Hall–Kier alpha value is -0.970. The predicted molar refractivity (Wildman–Crippen MR) is 81.7 cm³/mol. The van der Waals surface area contributed by atoms with Gasteiger partial charge < -0.3 is 15.2 Å². The SMILES string of the molecule is COc1ccc(CN2CCC3CNCC3C2)cc1O.Cl. The maximum atomic E-state index is 9.82. The molecule has 2 fully saturated rings. The molecule has 0 radical (unpaired) electrons. The number of phenolic OH excluding ortho intramolecular Hbond substituents is 1.